The van der Waals surface area contributed by atoms with E-state index >= 15 is 0 Å². The van der Waals surface area contributed by atoms with Crippen LogP contribution in [0.15, 0.2) is 0 Å². The number of rotatable bonds is 0. The highest BCUT2D eigenvalue weighted by Gasteiger charge is 2.05. The Hall–Kier alpha value is -0.0800. The molecule has 0 amide bonds. The molecule has 0 aromatic carbocycles. The normalized spacial score (nSPS) is 20.8. The molecular weight excluding hydrogens is 307 g/mol. The summed E-state index contributed by atoms with van der Waals surface area (Å²) >= 11 is 0. The first-order valence-corrected chi connectivity index (χ1v) is 8.32. The van der Waals surface area contributed by atoms with Crippen molar-refractivity contribution in [3.63, 3.8) is 0 Å². The van der Waals surface area contributed by atoms with Gasteiger partial charge in [-0.3, -0.25) is 9.59 Å². The Morgan fingerprint density at radius 1 is 0.381 bits per heavy atom. The third-order valence-electron chi connectivity index (χ3n) is 4.07. The number of Topliss-reactive ketones (excluding diaryl/α,β-unsaturated/α-hetero) is 2. The van der Waals surface area contributed by atoms with Crippen molar-refractivity contribution in [2.24, 2.45) is 0 Å². The van der Waals surface area contributed by atoms with Crippen LogP contribution in [0.4, 0.5) is 0 Å². The van der Waals surface area contributed by atoms with Crippen molar-refractivity contribution < 1.29 is 9.59 Å². The van der Waals surface area contributed by atoms with Crippen LogP contribution in [-0.4, -0.2) is 11.6 Å². The molecule has 21 heavy (non-hydrogen) atoms. The topological polar surface area (TPSA) is 34.1 Å². The van der Waals surface area contributed by atoms with Crippen LogP contribution >= 0.6 is 24.8 Å². The number of ketones is 2. The molecule has 0 heterocycles. The van der Waals surface area contributed by atoms with Gasteiger partial charge in [0.2, 0.25) is 0 Å². The average Bonchev–Trinajstić information content (AvgIpc) is 2.40. The lowest BCUT2D eigenvalue weighted by Crippen LogP contribution is -2.00. The molecule has 0 spiro atoms. The van der Waals surface area contributed by atoms with Gasteiger partial charge in [-0.2, -0.15) is 0 Å². The van der Waals surface area contributed by atoms with E-state index in [0.29, 0.717) is 24.4 Å². The first-order valence-electron chi connectivity index (χ1n) is 8.32. The van der Waals surface area contributed by atoms with Crippen molar-refractivity contribution >= 4 is 36.4 Å². The first kappa shape index (κ1) is 23.2. The van der Waals surface area contributed by atoms with Crippen molar-refractivity contribution in [3.8, 4) is 0 Å². The molecule has 0 aromatic heterocycles. The molecule has 1 aliphatic carbocycles. The Morgan fingerprint density at radius 3 is 0.857 bits per heavy atom. The molecule has 4 heteroatoms. The van der Waals surface area contributed by atoms with Gasteiger partial charge in [-0.15, -0.1) is 24.8 Å². The molecule has 0 saturated heterocycles. The zero-order valence-corrected chi connectivity index (χ0v) is 14.9. The van der Waals surface area contributed by atoms with Crippen molar-refractivity contribution in [1.29, 1.82) is 0 Å². The Balaban J connectivity index is 0. The second-order valence-electron chi connectivity index (χ2n) is 5.97. The van der Waals surface area contributed by atoms with Gasteiger partial charge in [0, 0.05) is 25.7 Å². The number of carbonyl (C=O) groups is 2. The van der Waals surface area contributed by atoms with Crippen LogP contribution in [0.25, 0.3) is 0 Å². The summed E-state index contributed by atoms with van der Waals surface area (Å²) in [7, 11) is 0. The minimum atomic E-state index is 0. The fraction of sp³-hybridized carbons (Fsp3) is 0.882. The van der Waals surface area contributed by atoms with E-state index in [0.717, 1.165) is 38.5 Å². The standard InChI is InChI=1S/C17H30O2.2ClH/c18-16-12-8-6-4-2-1-3-5-7-9-13-17(19)15-11-10-14-16;;/h1-15H2;2*1H. The van der Waals surface area contributed by atoms with E-state index in [4.69, 9.17) is 0 Å². The van der Waals surface area contributed by atoms with E-state index in [1.54, 1.807) is 0 Å². The molecule has 1 aliphatic rings. The smallest absolute Gasteiger partial charge is 0.132 e. The Labute approximate surface area is 142 Å². The third-order valence-corrected chi connectivity index (χ3v) is 4.07. The Bertz CT molecular complexity index is 242. The molecule has 0 atom stereocenters. The number of halogens is 2. The van der Waals surface area contributed by atoms with Crippen LogP contribution in [0.3, 0.4) is 0 Å². The summed E-state index contributed by atoms with van der Waals surface area (Å²) in [5.41, 5.74) is 0. The molecule has 0 aliphatic heterocycles. The second-order valence-corrected chi connectivity index (χ2v) is 5.97. The van der Waals surface area contributed by atoms with Crippen molar-refractivity contribution in [2.45, 2.75) is 96.3 Å². The van der Waals surface area contributed by atoms with Gasteiger partial charge >= 0.3 is 0 Å². The van der Waals surface area contributed by atoms with E-state index in [1.807, 2.05) is 0 Å². The van der Waals surface area contributed by atoms with Crippen LogP contribution in [0.2, 0.25) is 0 Å². The quantitative estimate of drug-likeness (QED) is 0.556. The van der Waals surface area contributed by atoms with Crippen molar-refractivity contribution in [2.75, 3.05) is 0 Å². The molecule has 1 rings (SSSR count). The highest BCUT2D eigenvalue weighted by Crippen LogP contribution is 2.14. The van der Waals surface area contributed by atoms with Gasteiger partial charge in [-0.25, -0.2) is 0 Å². The lowest BCUT2D eigenvalue weighted by Gasteiger charge is -2.02. The highest BCUT2D eigenvalue weighted by atomic mass is 35.5. The number of hydrogen-bond acceptors (Lipinski definition) is 2. The summed E-state index contributed by atoms with van der Waals surface area (Å²) in [6.07, 6.45) is 15.8. The van der Waals surface area contributed by atoms with Gasteiger partial charge < -0.3 is 0 Å². The Morgan fingerprint density at radius 2 is 0.571 bits per heavy atom. The molecule has 0 bridgehead atoms. The van der Waals surface area contributed by atoms with E-state index in [-0.39, 0.29) is 24.8 Å². The average molecular weight is 339 g/mol. The van der Waals surface area contributed by atoms with Gasteiger partial charge in [0.1, 0.15) is 11.6 Å². The van der Waals surface area contributed by atoms with Crippen molar-refractivity contribution in [3.05, 3.63) is 0 Å². The molecule has 1 fully saturated rings. The fourth-order valence-corrected chi connectivity index (χ4v) is 2.78. The zero-order valence-electron chi connectivity index (χ0n) is 13.2. The zero-order chi connectivity index (χ0) is 13.8. The molecule has 126 valence electrons. The molecule has 0 N–H and O–H groups in total. The Kier molecular flexibility index (Phi) is 18.0. The molecule has 0 aromatic rings. The van der Waals surface area contributed by atoms with E-state index < -0.39 is 0 Å². The van der Waals surface area contributed by atoms with Gasteiger partial charge in [-0.05, 0) is 25.7 Å². The summed E-state index contributed by atoms with van der Waals surface area (Å²) in [6.45, 7) is 0. The van der Waals surface area contributed by atoms with E-state index in [2.05, 4.69) is 0 Å². The maximum atomic E-state index is 11.6. The van der Waals surface area contributed by atoms with Gasteiger partial charge in [-0.1, -0.05) is 44.9 Å². The number of hydrogen-bond donors (Lipinski definition) is 0. The summed E-state index contributed by atoms with van der Waals surface area (Å²) in [4.78, 5) is 23.3. The molecule has 0 radical (unpaired) electrons. The van der Waals surface area contributed by atoms with Gasteiger partial charge in [0.25, 0.3) is 0 Å². The summed E-state index contributed by atoms with van der Waals surface area (Å²) in [5.74, 6) is 0.800. The van der Waals surface area contributed by atoms with Crippen LogP contribution in [0.1, 0.15) is 96.3 Å². The molecule has 2 nitrogen and oxygen atoms in total. The minimum Gasteiger partial charge on any atom is -0.300 e. The van der Waals surface area contributed by atoms with Crippen LogP contribution in [0, 0.1) is 0 Å². The largest absolute Gasteiger partial charge is 0.300 e. The second kappa shape index (κ2) is 16.3. The molecule has 0 unspecified atom stereocenters. The van der Waals surface area contributed by atoms with Crippen LogP contribution in [0.5, 0.6) is 0 Å². The highest BCUT2D eigenvalue weighted by molar-refractivity contribution is 5.85. The summed E-state index contributed by atoms with van der Waals surface area (Å²) in [5, 5.41) is 0. The molecular formula is C17H32Cl2O2. The summed E-state index contributed by atoms with van der Waals surface area (Å²) in [6, 6.07) is 0. The first-order chi connectivity index (χ1) is 9.29. The number of carbonyl (C=O) groups excluding carboxylic acids is 2. The molecule has 1 saturated carbocycles. The minimum absolute atomic E-state index is 0. The van der Waals surface area contributed by atoms with E-state index in [9.17, 15) is 9.59 Å². The van der Waals surface area contributed by atoms with E-state index in [1.165, 1.54) is 44.9 Å². The monoisotopic (exact) mass is 338 g/mol. The fourth-order valence-electron chi connectivity index (χ4n) is 2.78. The van der Waals surface area contributed by atoms with Crippen LogP contribution in [-0.2, 0) is 9.59 Å². The third kappa shape index (κ3) is 14.6. The summed E-state index contributed by atoms with van der Waals surface area (Å²) < 4.78 is 0. The lowest BCUT2D eigenvalue weighted by atomic mass is 10.0. The maximum Gasteiger partial charge on any atom is 0.132 e. The maximum absolute atomic E-state index is 11.6. The predicted octanol–water partition coefficient (Wildman–Crippen LogP) is 5.83. The van der Waals surface area contributed by atoms with Crippen molar-refractivity contribution in [1.82, 2.24) is 0 Å². The van der Waals surface area contributed by atoms with Gasteiger partial charge in [0.05, 0.1) is 0 Å². The van der Waals surface area contributed by atoms with Crippen LogP contribution < -0.4 is 0 Å². The van der Waals surface area contributed by atoms with Gasteiger partial charge in [0.15, 0.2) is 0 Å². The lowest BCUT2D eigenvalue weighted by molar-refractivity contribution is -0.121. The predicted molar refractivity (Wildman–Crippen MR) is 93.8 cm³/mol. The SMILES string of the molecule is Cl.Cl.O=C1CCCCCCCCCCCC(=O)CCCC1.